The number of hydrogen-bond donors (Lipinski definition) is 0. The lowest BCUT2D eigenvalue weighted by Crippen LogP contribution is -2.37. The standard InChI is InChI=1S/C84H134NO8P/c1-6-8-10-12-14-16-18-20-22-24-26-28-30-32-34-36-38-40-41-42-43-45-47-49-51-53-55-57-59-61-63-65-67-69-71-73-75-77-84(87)93-82(81-92-94(88,89)91-79-78-85(3,4)5)80-90-83(86)76-74-72-70-68-66-64-62-60-58-56-54-52-50-48-46-44-39-37-35-33-31-29-27-25-23-21-19-17-15-13-11-9-7-2/h8-11,14-17,20-23,26-29,32-35,38-40,42-44,47-50,53-56,82H,6-7,12-13,18-19,24-25,30-31,36-37,41,45-46,51-52,57-81H2,1-5H3/b10-8-,11-9-,16-14-,17-15-,22-20-,23-21-,28-26-,29-27-,34-32-,35-33-,40-38-,43-42-,44-39-,49-47-,50-48-,55-53-,56-54-. The second kappa shape index (κ2) is 71.9. The van der Waals surface area contributed by atoms with Crippen molar-refractivity contribution in [1.29, 1.82) is 0 Å². The summed E-state index contributed by atoms with van der Waals surface area (Å²) < 4.78 is 34.3. The first-order chi connectivity index (χ1) is 46.0. The number of phosphoric acid groups is 1. The molecule has 0 N–H and O–H groups in total. The predicted octanol–water partition coefficient (Wildman–Crippen LogP) is 24.0. The van der Waals surface area contributed by atoms with Crippen molar-refractivity contribution in [1.82, 2.24) is 0 Å². The Bertz CT molecular complexity index is 2340. The third kappa shape index (κ3) is 75.6. The van der Waals surface area contributed by atoms with Crippen molar-refractivity contribution >= 4 is 19.8 Å². The Balaban J connectivity index is 4.16. The molecule has 0 aliphatic heterocycles. The van der Waals surface area contributed by atoms with E-state index in [4.69, 9.17) is 18.5 Å². The molecule has 0 spiro atoms. The van der Waals surface area contributed by atoms with Crippen LogP contribution in [-0.4, -0.2) is 70.0 Å². The third-order valence-electron chi connectivity index (χ3n) is 14.8. The molecule has 0 amide bonds. The van der Waals surface area contributed by atoms with E-state index in [0.29, 0.717) is 23.9 Å². The van der Waals surface area contributed by atoms with Gasteiger partial charge in [-0.05, 0) is 148 Å². The number of quaternary nitrogens is 1. The van der Waals surface area contributed by atoms with Crippen LogP contribution in [0.15, 0.2) is 207 Å². The summed E-state index contributed by atoms with van der Waals surface area (Å²) in [4.78, 5) is 38.1. The number of unbranched alkanes of at least 4 members (excludes halogenated alkanes) is 17. The number of carbonyl (C=O) groups excluding carboxylic acids is 2. The first kappa shape index (κ1) is 88.6. The minimum absolute atomic E-state index is 0.0446. The van der Waals surface area contributed by atoms with E-state index < -0.39 is 32.5 Å². The van der Waals surface area contributed by atoms with Gasteiger partial charge >= 0.3 is 11.9 Å². The van der Waals surface area contributed by atoms with E-state index in [9.17, 15) is 19.0 Å². The van der Waals surface area contributed by atoms with Crippen molar-refractivity contribution in [3.8, 4) is 0 Å². The van der Waals surface area contributed by atoms with Gasteiger partial charge in [-0.1, -0.05) is 304 Å². The van der Waals surface area contributed by atoms with Gasteiger partial charge in [0.05, 0.1) is 27.7 Å². The molecular formula is C84H134NO8P. The quantitative estimate of drug-likeness (QED) is 0.0195. The molecule has 0 aromatic rings. The summed E-state index contributed by atoms with van der Waals surface area (Å²) in [5.74, 6) is -0.863. The fourth-order valence-corrected chi connectivity index (χ4v) is 9.98. The van der Waals surface area contributed by atoms with Gasteiger partial charge in [0.25, 0.3) is 7.82 Å². The third-order valence-corrected chi connectivity index (χ3v) is 15.8. The molecule has 94 heavy (non-hydrogen) atoms. The monoisotopic (exact) mass is 1320 g/mol. The lowest BCUT2D eigenvalue weighted by atomic mass is 10.1. The molecular weight excluding hydrogens is 1180 g/mol. The number of hydrogen-bond acceptors (Lipinski definition) is 8. The molecule has 0 fully saturated rings. The van der Waals surface area contributed by atoms with Crippen molar-refractivity contribution in [2.75, 3.05) is 47.5 Å². The van der Waals surface area contributed by atoms with E-state index in [0.717, 1.165) is 161 Å². The molecule has 0 radical (unpaired) electrons. The first-order valence-electron chi connectivity index (χ1n) is 36.8. The van der Waals surface area contributed by atoms with Crippen molar-refractivity contribution < 1.29 is 42.1 Å². The van der Waals surface area contributed by atoms with E-state index in [1.165, 1.54) is 57.8 Å². The van der Waals surface area contributed by atoms with Crippen molar-refractivity contribution in [2.24, 2.45) is 0 Å². The number of nitrogens with zero attached hydrogens (tertiary/aromatic N) is 1. The summed E-state index contributed by atoms with van der Waals surface area (Å²) >= 11 is 0. The number of allylic oxidation sites excluding steroid dienone is 34. The molecule has 0 saturated carbocycles. The van der Waals surface area contributed by atoms with Crippen LogP contribution in [0.5, 0.6) is 0 Å². The fraction of sp³-hybridized carbons (Fsp3) is 0.571. The molecule has 0 bridgehead atoms. The average Bonchev–Trinajstić information content (AvgIpc) is 1.56. The molecule has 0 aliphatic rings. The first-order valence-corrected chi connectivity index (χ1v) is 38.3. The van der Waals surface area contributed by atoms with Crippen molar-refractivity contribution in [2.45, 2.75) is 264 Å². The maximum Gasteiger partial charge on any atom is 0.306 e. The molecule has 0 aromatic carbocycles. The Labute approximate surface area is 576 Å². The Kier molecular flexibility index (Phi) is 67.7. The van der Waals surface area contributed by atoms with Crippen LogP contribution in [0.3, 0.4) is 0 Å². The maximum absolute atomic E-state index is 12.9. The summed E-state index contributed by atoms with van der Waals surface area (Å²) in [6.07, 6.45) is 113. The van der Waals surface area contributed by atoms with Gasteiger partial charge in [-0.15, -0.1) is 0 Å². The average molecular weight is 1320 g/mol. The number of esters is 2. The SMILES string of the molecule is CC/C=C\C/C=C\C/C=C\C/C=C\C/C=C\C/C=C\C/C=C\C/C=C\C/C=C\CCCCCCCCCCCC(=O)OC(COC(=O)CCCCCCCCCC/C=C\C/C=C\C/C=C\C/C=C\C/C=C\C/C=C\C/C=C\C/C=C\CC)COP(=O)([O-])OCC[N+](C)(C)C. The zero-order chi connectivity index (χ0) is 68.3. The number of ether oxygens (including phenoxy) is 2. The predicted molar refractivity (Wildman–Crippen MR) is 405 cm³/mol. The Morgan fingerprint density at radius 1 is 0.330 bits per heavy atom. The lowest BCUT2D eigenvalue weighted by Gasteiger charge is -2.28. The fourth-order valence-electron chi connectivity index (χ4n) is 9.25. The van der Waals surface area contributed by atoms with Gasteiger partial charge in [-0.25, -0.2) is 0 Å². The largest absolute Gasteiger partial charge is 0.756 e. The summed E-state index contributed by atoms with van der Waals surface area (Å²) in [5, 5.41) is 0. The van der Waals surface area contributed by atoms with Crippen molar-refractivity contribution in [3.05, 3.63) is 207 Å². The van der Waals surface area contributed by atoms with Crippen molar-refractivity contribution in [3.63, 3.8) is 0 Å². The summed E-state index contributed by atoms with van der Waals surface area (Å²) in [6.45, 7) is 3.97. The van der Waals surface area contributed by atoms with Gasteiger partial charge in [-0.2, -0.15) is 0 Å². The number of carbonyl (C=O) groups is 2. The van der Waals surface area contributed by atoms with Gasteiger partial charge in [-0.3, -0.25) is 14.2 Å². The van der Waals surface area contributed by atoms with E-state index >= 15 is 0 Å². The molecule has 0 aromatic heterocycles. The van der Waals surface area contributed by atoms with Crippen LogP contribution in [0, 0.1) is 0 Å². The zero-order valence-electron chi connectivity index (χ0n) is 60.1. The lowest BCUT2D eigenvalue weighted by molar-refractivity contribution is -0.870. The second-order valence-corrected chi connectivity index (χ2v) is 26.2. The van der Waals surface area contributed by atoms with Crippen LogP contribution in [0.25, 0.3) is 0 Å². The summed E-state index contributed by atoms with van der Waals surface area (Å²) in [6, 6.07) is 0. The number of rotatable bonds is 65. The molecule has 10 heteroatoms. The number of phosphoric ester groups is 1. The highest BCUT2D eigenvalue weighted by Crippen LogP contribution is 2.38. The summed E-state index contributed by atoms with van der Waals surface area (Å²) in [5.41, 5.74) is 0. The molecule has 0 rings (SSSR count). The minimum atomic E-state index is -4.66. The molecule has 0 heterocycles. The van der Waals surface area contributed by atoms with E-state index in [-0.39, 0.29) is 26.1 Å². The maximum atomic E-state index is 12.9. The topological polar surface area (TPSA) is 111 Å². The normalized spacial score (nSPS) is 14.3. The molecule has 0 saturated heterocycles. The minimum Gasteiger partial charge on any atom is -0.756 e. The smallest absolute Gasteiger partial charge is 0.306 e. The van der Waals surface area contributed by atoms with E-state index in [1.54, 1.807) is 0 Å². The van der Waals surface area contributed by atoms with E-state index in [1.807, 2.05) is 21.1 Å². The van der Waals surface area contributed by atoms with Crippen LogP contribution in [0.1, 0.15) is 258 Å². The molecule has 2 unspecified atom stereocenters. The highest BCUT2D eigenvalue weighted by Gasteiger charge is 2.22. The van der Waals surface area contributed by atoms with Crippen LogP contribution < -0.4 is 4.89 Å². The van der Waals surface area contributed by atoms with Gasteiger partial charge in [0, 0.05) is 12.8 Å². The molecule has 9 nitrogen and oxygen atoms in total. The van der Waals surface area contributed by atoms with Gasteiger partial charge in [0.15, 0.2) is 6.10 Å². The number of likely N-dealkylation sites (N-methyl/N-ethyl adjacent to an activating group) is 1. The van der Waals surface area contributed by atoms with Gasteiger partial charge in [0.2, 0.25) is 0 Å². The van der Waals surface area contributed by atoms with Gasteiger partial charge < -0.3 is 27.9 Å². The van der Waals surface area contributed by atoms with Crippen LogP contribution in [0.2, 0.25) is 0 Å². The van der Waals surface area contributed by atoms with Crippen LogP contribution in [0.4, 0.5) is 0 Å². The second-order valence-electron chi connectivity index (χ2n) is 24.8. The Morgan fingerprint density at radius 3 is 0.851 bits per heavy atom. The highest BCUT2D eigenvalue weighted by atomic mass is 31.2. The Morgan fingerprint density at radius 2 is 0.574 bits per heavy atom. The van der Waals surface area contributed by atoms with Gasteiger partial charge in [0.1, 0.15) is 19.8 Å². The van der Waals surface area contributed by atoms with Crippen LogP contribution in [-0.2, 0) is 32.7 Å². The van der Waals surface area contributed by atoms with Crippen LogP contribution >= 0.6 is 7.82 Å². The molecule has 528 valence electrons. The summed E-state index contributed by atoms with van der Waals surface area (Å²) in [7, 11) is 1.13. The molecule has 2 atom stereocenters. The highest BCUT2D eigenvalue weighted by molar-refractivity contribution is 7.45. The van der Waals surface area contributed by atoms with E-state index in [2.05, 4.69) is 220 Å². The zero-order valence-corrected chi connectivity index (χ0v) is 61.0. The Hall–Kier alpha value is -5.41. The molecule has 0 aliphatic carbocycles.